The normalized spacial score (nSPS) is 18.4. The van der Waals surface area contributed by atoms with E-state index in [1.54, 1.807) is 24.3 Å². The summed E-state index contributed by atoms with van der Waals surface area (Å²) in [5, 5.41) is 0. The van der Waals surface area contributed by atoms with Crippen molar-refractivity contribution in [3.8, 4) is 5.75 Å². The first-order valence-corrected chi connectivity index (χ1v) is 10.5. The Balaban J connectivity index is 2.00. The summed E-state index contributed by atoms with van der Waals surface area (Å²) >= 11 is 0. The number of likely N-dealkylation sites (N-methyl/N-ethyl adjacent to an activating group) is 1. The molecule has 0 aromatic heterocycles. The Kier molecular flexibility index (Phi) is 7.25. The van der Waals surface area contributed by atoms with Gasteiger partial charge in [0.1, 0.15) is 5.75 Å². The lowest BCUT2D eigenvalue weighted by Gasteiger charge is -2.39. The van der Waals surface area contributed by atoms with Crippen LogP contribution in [0.25, 0.3) is 0 Å². The molecule has 7 heteroatoms. The minimum atomic E-state index is -3.51. The molecular formula is C18H31N3O3S. The van der Waals surface area contributed by atoms with Crippen molar-refractivity contribution in [3.63, 3.8) is 0 Å². The summed E-state index contributed by atoms with van der Waals surface area (Å²) in [6.45, 7) is 11.2. The third-order valence-electron chi connectivity index (χ3n) is 4.70. The topological polar surface area (TPSA) is 61.9 Å². The smallest absolute Gasteiger partial charge is 0.240 e. The molecule has 1 aliphatic rings. The predicted molar refractivity (Wildman–Crippen MR) is 100 cm³/mol. The zero-order valence-electron chi connectivity index (χ0n) is 15.7. The minimum Gasteiger partial charge on any atom is -0.494 e. The second-order valence-corrected chi connectivity index (χ2v) is 8.67. The monoisotopic (exact) mass is 369 g/mol. The maximum absolute atomic E-state index is 12.6. The van der Waals surface area contributed by atoms with Crippen molar-refractivity contribution in [1.29, 1.82) is 0 Å². The van der Waals surface area contributed by atoms with E-state index < -0.39 is 10.0 Å². The minimum absolute atomic E-state index is 0.200. The van der Waals surface area contributed by atoms with Crippen molar-refractivity contribution in [1.82, 2.24) is 14.5 Å². The van der Waals surface area contributed by atoms with E-state index in [0.29, 0.717) is 24.8 Å². The number of hydrogen-bond donors (Lipinski definition) is 1. The lowest BCUT2D eigenvalue weighted by molar-refractivity contribution is 0.0905. The number of rotatable bonds is 8. The fraction of sp³-hybridized carbons (Fsp3) is 0.667. The van der Waals surface area contributed by atoms with E-state index in [9.17, 15) is 8.42 Å². The van der Waals surface area contributed by atoms with Gasteiger partial charge in [-0.2, -0.15) is 0 Å². The number of nitrogens with zero attached hydrogens (tertiary/aromatic N) is 2. The zero-order valence-corrected chi connectivity index (χ0v) is 16.6. The summed E-state index contributed by atoms with van der Waals surface area (Å²) < 4.78 is 33.3. The number of sulfonamides is 1. The van der Waals surface area contributed by atoms with Crippen LogP contribution >= 0.6 is 0 Å². The highest BCUT2D eigenvalue weighted by Crippen LogP contribution is 2.17. The third kappa shape index (κ3) is 5.67. The van der Waals surface area contributed by atoms with Crippen molar-refractivity contribution in [2.75, 3.05) is 46.4 Å². The molecule has 1 N–H and O–H groups in total. The molecule has 0 spiro atoms. The van der Waals surface area contributed by atoms with E-state index in [2.05, 4.69) is 35.4 Å². The van der Waals surface area contributed by atoms with Crippen LogP contribution in [0.1, 0.15) is 20.8 Å². The van der Waals surface area contributed by atoms with Crippen molar-refractivity contribution in [2.24, 2.45) is 5.92 Å². The second kappa shape index (κ2) is 8.98. The van der Waals surface area contributed by atoms with Crippen LogP contribution in [0.4, 0.5) is 0 Å². The highest BCUT2D eigenvalue weighted by Gasteiger charge is 2.26. The molecule has 6 nitrogen and oxygen atoms in total. The molecular weight excluding hydrogens is 338 g/mol. The molecule has 1 fully saturated rings. The van der Waals surface area contributed by atoms with E-state index >= 15 is 0 Å². The van der Waals surface area contributed by atoms with Crippen molar-refractivity contribution >= 4 is 10.0 Å². The standard InChI is InChI=1S/C18H31N3O3S/c1-5-24-16-6-8-17(9-7-16)25(22,23)19-14-18(15(2)3)21-12-10-20(4)11-13-21/h6-9,15,18-19H,5,10-14H2,1-4H3. The Labute approximate surface area is 152 Å². The van der Waals surface area contributed by atoms with Gasteiger partial charge in [-0.15, -0.1) is 0 Å². The summed E-state index contributed by atoms with van der Waals surface area (Å²) in [6.07, 6.45) is 0. The van der Waals surface area contributed by atoms with Gasteiger partial charge in [0.2, 0.25) is 10.0 Å². The summed E-state index contributed by atoms with van der Waals surface area (Å²) in [6, 6.07) is 6.77. The Hall–Kier alpha value is -1.15. The van der Waals surface area contributed by atoms with Gasteiger partial charge in [0.05, 0.1) is 11.5 Å². The van der Waals surface area contributed by atoms with E-state index in [-0.39, 0.29) is 10.9 Å². The molecule has 0 aliphatic carbocycles. The largest absolute Gasteiger partial charge is 0.494 e. The van der Waals surface area contributed by atoms with Gasteiger partial charge in [0.15, 0.2) is 0 Å². The third-order valence-corrected chi connectivity index (χ3v) is 6.14. The van der Waals surface area contributed by atoms with Crippen LogP contribution < -0.4 is 9.46 Å². The Bertz CT molecular complexity index is 623. The van der Waals surface area contributed by atoms with Crippen molar-refractivity contribution in [3.05, 3.63) is 24.3 Å². The lowest BCUT2D eigenvalue weighted by atomic mass is 10.0. The van der Waals surface area contributed by atoms with Crippen LogP contribution in [-0.2, 0) is 10.0 Å². The zero-order chi connectivity index (χ0) is 18.4. The predicted octanol–water partition coefficient (Wildman–Crippen LogP) is 1.64. The van der Waals surface area contributed by atoms with Crippen LogP contribution in [0.3, 0.4) is 0 Å². The first kappa shape index (κ1) is 20.2. The highest BCUT2D eigenvalue weighted by molar-refractivity contribution is 7.89. The van der Waals surface area contributed by atoms with Gasteiger partial charge in [-0.05, 0) is 44.2 Å². The molecule has 0 bridgehead atoms. The van der Waals surface area contributed by atoms with E-state index in [4.69, 9.17) is 4.74 Å². The van der Waals surface area contributed by atoms with Crippen LogP contribution in [0, 0.1) is 5.92 Å². The van der Waals surface area contributed by atoms with Crippen molar-refractivity contribution < 1.29 is 13.2 Å². The Morgan fingerprint density at radius 3 is 2.24 bits per heavy atom. The first-order chi connectivity index (χ1) is 11.8. The number of hydrogen-bond acceptors (Lipinski definition) is 5. The van der Waals surface area contributed by atoms with E-state index in [1.165, 1.54) is 0 Å². The number of benzene rings is 1. The number of ether oxygens (including phenoxy) is 1. The average molecular weight is 370 g/mol. The fourth-order valence-corrected chi connectivity index (χ4v) is 4.15. The molecule has 1 unspecified atom stereocenters. The highest BCUT2D eigenvalue weighted by atomic mass is 32.2. The van der Waals surface area contributed by atoms with Gasteiger partial charge in [-0.25, -0.2) is 13.1 Å². The Morgan fingerprint density at radius 1 is 1.12 bits per heavy atom. The van der Waals surface area contributed by atoms with E-state index in [0.717, 1.165) is 26.2 Å². The van der Waals surface area contributed by atoms with Gasteiger partial charge in [-0.3, -0.25) is 4.90 Å². The first-order valence-electron chi connectivity index (χ1n) is 8.98. The van der Waals surface area contributed by atoms with Gasteiger partial charge in [-0.1, -0.05) is 13.8 Å². The number of piperazine rings is 1. The molecule has 0 radical (unpaired) electrons. The van der Waals surface area contributed by atoms with Crippen LogP contribution in [0.15, 0.2) is 29.2 Å². The molecule has 1 saturated heterocycles. The van der Waals surface area contributed by atoms with Crippen molar-refractivity contribution in [2.45, 2.75) is 31.7 Å². The lowest BCUT2D eigenvalue weighted by Crippen LogP contribution is -2.54. The quantitative estimate of drug-likeness (QED) is 0.755. The maximum Gasteiger partial charge on any atom is 0.240 e. The molecule has 0 amide bonds. The molecule has 0 saturated carbocycles. The summed E-state index contributed by atoms with van der Waals surface area (Å²) in [5.41, 5.74) is 0. The molecule has 25 heavy (non-hydrogen) atoms. The molecule has 1 aromatic rings. The summed E-state index contributed by atoms with van der Waals surface area (Å²) in [4.78, 5) is 4.97. The molecule has 1 heterocycles. The molecule has 2 rings (SSSR count). The van der Waals surface area contributed by atoms with Crippen LogP contribution in [0.2, 0.25) is 0 Å². The second-order valence-electron chi connectivity index (χ2n) is 6.91. The Morgan fingerprint density at radius 2 is 1.72 bits per heavy atom. The SMILES string of the molecule is CCOc1ccc(S(=O)(=O)NCC(C(C)C)N2CCN(C)CC2)cc1. The maximum atomic E-state index is 12.6. The van der Waals surface area contributed by atoms with Gasteiger partial charge >= 0.3 is 0 Å². The number of nitrogens with one attached hydrogen (secondary N) is 1. The van der Waals surface area contributed by atoms with Gasteiger partial charge in [0.25, 0.3) is 0 Å². The van der Waals surface area contributed by atoms with E-state index in [1.807, 2.05) is 6.92 Å². The molecule has 1 aliphatic heterocycles. The molecule has 1 atom stereocenters. The molecule has 1 aromatic carbocycles. The van der Waals surface area contributed by atoms with Crippen LogP contribution in [0.5, 0.6) is 5.75 Å². The summed E-state index contributed by atoms with van der Waals surface area (Å²) in [5.74, 6) is 1.06. The van der Waals surface area contributed by atoms with Crippen LogP contribution in [-0.4, -0.2) is 70.6 Å². The molecule has 142 valence electrons. The van der Waals surface area contributed by atoms with Gasteiger partial charge in [0, 0.05) is 38.8 Å². The fourth-order valence-electron chi connectivity index (χ4n) is 3.10. The van der Waals surface area contributed by atoms with Gasteiger partial charge < -0.3 is 9.64 Å². The average Bonchev–Trinajstić information content (AvgIpc) is 2.57. The summed E-state index contributed by atoms with van der Waals surface area (Å²) in [7, 11) is -1.39.